The molecule has 2 fully saturated rings. The number of ether oxygens (including phenoxy) is 2. The zero-order valence-electron chi connectivity index (χ0n) is 11.5. The smallest absolute Gasteiger partial charge is 0.178 e. The zero-order valence-corrected chi connectivity index (χ0v) is 12.3. The molecule has 8 heteroatoms. The number of aromatic amines is 1. The van der Waals surface area contributed by atoms with E-state index in [2.05, 4.69) is 20.6 Å². The summed E-state index contributed by atoms with van der Waals surface area (Å²) in [4.78, 5) is 12.5. The highest BCUT2D eigenvalue weighted by Gasteiger charge is 2.46. The van der Waals surface area contributed by atoms with Crippen molar-refractivity contribution in [1.29, 1.82) is 0 Å². The second kappa shape index (κ2) is 5.33. The minimum Gasteiger partial charge on any atom is -0.484 e. The molecule has 22 heavy (non-hydrogen) atoms. The number of nitrogens with zero attached hydrogens (tertiary/aromatic N) is 3. The number of hydrogen-bond donors (Lipinski definition) is 1. The van der Waals surface area contributed by atoms with Gasteiger partial charge in [-0.05, 0) is 24.6 Å². The predicted molar refractivity (Wildman–Crippen MR) is 76.0 cm³/mol. The molecule has 1 aliphatic carbocycles. The van der Waals surface area contributed by atoms with Gasteiger partial charge in [0.25, 0.3) is 0 Å². The van der Waals surface area contributed by atoms with E-state index in [9.17, 15) is 4.79 Å². The molecule has 0 spiro atoms. The van der Waals surface area contributed by atoms with Crippen LogP contribution in [0.4, 0.5) is 0 Å². The first kappa shape index (κ1) is 13.7. The monoisotopic (exact) mass is 320 g/mol. The molecule has 1 aromatic carbocycles. The zero-order chi connectivity index (χ0) is 15.1. The van der Waals surface area contributed by atoms with Gasteiger partial charge in [-0.25, -0.2) is 0 Å². The molecular formula is C14H13ClN4O3. The first-order valence-electron chi connectivity index (χ1n) is 7.04. The summed E-state index contributed by atoms with van der Waals surface area (Å²) in [5.41, 5.74) is 0.582. The second-order valence-corrected chi connectivity index (χ2v) is 5.91. The summed E-state index contributed by atoms with van der Waals surface area (Å²) < 4.78 is 10.7. The van der Waals surface area contributed by atoms with E-state index in [4.69, 9.17) is 21.1 Å². The fourth-order valence-corrected chi connectivity index (χ4v) is 2.75. The minimum absolute atomic E-state index is 0.0464. The van der Waals surface area contributed by atoms with Gasteiger partial charge in [-0.1, -0.05) is 16.8 Å². The summed E-state index contributed by atoms with van der Waals surface area (Å²) in [5.74, 6) is 1.18. The van der Waals surface area contributed by atoms with Crippen molar-refractivity contribution in [3.05, 3.63) is 34.6 Å². The highest BCUT2D eigenvalue weighted by molar-refractivity contribution is 6.32. The summed E-state index contributed by atoms with van der Waals surface area (Å²) in [6.07, 6.45) is 0.790. The molecule has 2 aliphatic rings. The van der Waals surface area contributed by atoms with Gasteiger partial charge >= 0.3 is 0 Å². The fourth-order valence-electron chi connectivity index (χ4n) is 2.52. The van der Waals surface area contributed by atoms with E-state index in [1.54, 1.807) is 18.2 Å². The topological polar surface area (TPSA) is 90.0 Å². The number of H-pyrrole nitrogens is 1. The van der Waals surface area contributed by atoms with Gasteiger partial charge in [0.15, 0.2) is 11.6 Å². The van der Waals surface area contributed by atoms with Gasteiger partial charge < -0.3 is 9.47 Å². The number of carbonyl (C=O) groups excluding carboxylic acids is 1. The largest absolute Gasteiger partial charge is 0.484 e. The Kier molecular flexibility index (Phi) is 3.31. The number of tetrazole rings is 1. The number of halogens is 1. The van der Waals surface area contributed by atoms with E-state index in [0.717, 1.165) is 6.42 Å². The Hall–Kier alpha value is -1.99. The Morgan fingerprint density at radius 1 is 1.41 bits per heavy atom. The number of rotatable bonds is 5. The predicted octanol–water partition coefficient (Wildman–Crippen LogP) is 1.62. The average Bonchev–Trinajstić information content (AvgIpc) is 3.08. The molecule has 1 aromatic heterocycles. The van der Waals surface area contributed by atoms with E-state index >= 15 is 0 Å². The third-order valence-electron chi connectivity index (χ3n) is 3.94. The van der Waals surface area contributed by atoms with E-state index in [1.165, 1.54) is 0 Å². The number of benzene rings is 1. The first-order chi connectivity index (χ1) is 10.7. The number of ketones is 1. The van der Waals surface area contributed by atoms with E-state index in [0.29, 0.717) is 35.4 Å². The lowest BCUT2D eigenvalue weighted by Crippen LogP contribution is -2.38. The molecule has 1 saturated carbocycles. The maximum atomic E-state index is 12.5. The summed E-state index contributed by atoms with van der Waals surface area (Å²) in [5, 5.41) is 14.2. The lowest BCUT2D eigenvalue weighted by molar-refractivity contribution is -0.0796. The van der Waals surface area contributed by atoms with Crippen LogP contribution in [0.3, 0.4) is 0 Å². The maximum absolute atomic E-state index is 12.5. The Labute approximate surface area is 130 Å². The standard InChI is InChI=1S/C14H13ClN4O3/c15-11-3-7(1-2-12(11)22-8-5-21-6-8)13(20)9-4-10(9)14-16-18-19-17-14/h1-3,8-10H,4-6H2,(H,16,17,18,19). The van der Waals surface area contributed by atoms with Crippen LogP contribution in [-0.4, -0.2) is 45.7 Å². The SMILES string of the molecule is O=C(c1ccc(OC2COC2)c(Cl)c1)C1CC1c1nn[nH]n1. The molecule has 114 valence electrons. The number of aromatic nitrogens is 4. The van der Waals surface area contributed by atoms with Gasteiger partial charge in [-0.15, -0.1) is 10.2 Å². The van der Waals surface area contributed by atoms with Crippen LogP contribution in [-0.2, 0) is 4.74 Å². The highest BCUT2D eigenvalue weighted by Crippen LogP contribution is 2.47. The minimum atomic E-state index is -0.0968. The summed E-state index contributed by atoms with van der Waals surface area (Å²) in [7, 11) is 0. The third kappa shape index (κ3) is 2.46. The van der Waals surface area contributed by atoms with Gasteiger partial charge in [0.05, 0.1) is 18.2 Å². The summed E-state index contributed by atoms with van der Waals surface area (Å²) in [6, 6.07) is 5.14. The van der Waals surface area contributed by atoms with Crippen LogP contribution in [0.1, 0.15) is 28.5 Å². The lowest BCUT2D eigenvalue weighted by Gasteiger charge is -2.27. The van der Waals surface area contributed by atoms with Crippen LogP contribution in [0, 0.1) is 5.92 Å². The van der Waals surface area contributed by atoms with E-state index < -0.39 is 0 Å². The first-order valence-corrected chi connectivity index (χ1v) is 7.41. The number of carbonyl (C=O) groups is 1. The van der Waals surface area contributed by atoms with Gasteiger partial charge in [0.1, 0.15) is 11.9 Å². The maximum Gasteiger partial charge on any atom is 0.178 e. The van der Waals surface area contributed by atoms with E-state index in [1.807, 2.05) is 0 Å². The average molecular weight is 321 g/mol. The molecule has 4 rings (SSSR count). The quantitative estimate of drug-likeness (QED) is 0.842. The second-order valence-electron chi connectivity index (χ2n) is 5.51. The van der Waals surface area contributed by atoms with Gasteiger partial charge in [0, 0.05) is 17.4 Å². The Morgan fingerprint density at radius 3 is 2.91 bits per heavy atom. The van der Waals surface area contributed by atoms with Crippen molar-refractivity contribution in [3.8, 4) is 5.75 Å². The molecule has 2 atom stereocenters. The van der Waals surface area contributed by atoms with Crippen molar-refractivity contribution in [2.45, 2.75) is 18.4 Å². The lowest BCUT2D eigenvalue weighted by atomic mass is 10.1. The van der Waals surface area contributed by atoms with Gasteiger partial charge in [-0.2, -0.15) is 5.21 Å². The number of hydrogen-bond acceptors (Lipinski definition) is 6. The van der Waals surface area contributed by atoms with E-state index in [-0.39, 0.29) is 23.7 Å². The van der Waals surface area contributed by atoms with Gasteiger partial charge in [-0.3, -0.25) is 4.79 Å². The molecule has 1 N–H and O–H groups in total. The van der Waals surface area contributed by atoms with Crippen LogP contribution in [0.15, 0.2) is 18.2 Å². The Morgan fingerprint density at radius 2 is 2.27 bits per heavy atom. The normalized spacial score (nSPS) is 23.9. The van der Waals surface area contributed by atoms with Gasteiger partial charge in [0.2, 0.25) is 0 Å². The number of Topliss-reactive ketones (excluding diaryl/α,β-unsaturated/α-hetero) is 1. The highest BCUT2D eigenvalue weighted by atomic mass is 35.5. The molecule has 2 aromatic rings. The van der Waals surface area contributed by atoms with Crippen molar-refractivity contribution >= 4 is 17.4 Å². The van der Waals surface area contributed by atoms with Crippen molar-refractivity contribution in [2.24, 2.45) is 5.92 Å². The molecule has 1 saturated heterocycles. The Bertz CT molecular complexity index is 702. The molecule has 2 unspecified atom stereocenters. The third-order valence-corrected chi connectivity index (χ3v) is 4.23. The van der Waals surface area contributed by atoms with Crippen molar-refractivity contribution < 1.29 is 14.3 Å². The fraction of sp³-hybridized carbons (Fsp3) is 0.429. The molecule has 0 amide bonds. The molecule has 0 bridgehead atoms. The van der Waals surface area contributed by atoms with Crippen LogP contribution in [0.2, 0.25) is 5.02 Å². The molecular weight excluding hydrogens is 308 g/mol. The summed E-state index contributed by atoms with van der Waals surface area (Å²) >= 11 is 6.20. The van der Waals surface area contributed by atoms with Crippen LogP contribution in [0.25, 0.3) is 0 Å². The summed E-state index contributed by atoms with van der Waals surface area (Å²) in [6.45, 7) is 1.15. The molecule has 7 nitrogen and oxygen atoms in total. The van der Waals surface area contributed by atoms with Crippen LogP contribution < -0.4 is 4.74 Å². The van der Waals surface area contributed by atoms with Crippen molar-refractivity contribution in [2.75, 3.05) is 13.2 Å². The van der Waals surface area contributed by atoms with Crippen molar-refractivity contribution in [3.63, 3.8) is 0 Å². The molecule has 2 heterocycles. The molecule has 1 aliphatic heterocycles. The van der Waals surface area contributed by atoms with Crippen LogP contribution in [0.5, 0.6) is 5.75 Å². The molecule has 0 radical (unpaired) electrons. The Balaban J connectivity index is 1.46. The van der Waals surface area contributed by atoms with Crippen molar-refractivity contribution in [1.82, 2.24) is 20.6 Å². The van der Waals surface area contributed by atoms with Crippen LogP contribution >= 0.6 is 11.6 Å². The number of nitrogens with one attached hydrogen (secondary N) is 1.